The van der Waals surface area contributed by atoms with Crippen LogP contribution in [0.4, 0.5) is 48.3 Å². The minimum Gasteiger partial charge on any atom is -0.547 e. The molecule has 2 amide bonds. The first kappa shape index (κ1) is 122. The number of aromatic carboxylic acids is 1. The second-order valence-electron chi connectivity index (χ2n) is 27.2. The zero-order valence-electron chi connectivity index (χ0n) is 74.4. The van der Waals surface area contributed by atoms with Gasteiger partial charge in [-0.2, -0.15) is 52.5 Å². The van der Waals surface area contributed by atoms with Crippen molar-refractivity contribution in [3.63, 3.8) is 0 Å². The number of carboxylic acids is 2. The Labute approximate surface area is 830 Å². The zero-order chi connectivity index (χ0) is 102. The molecule has 14 rings (SSSR count). The van der Waals surface area contributed by atoms with Crippen molar-refractivity contribution >= 4 is 119 Å². The number of nitrogens with one attached hydrogen (secondary N) is 7. The van der Waals surface area contributed by atoms with Gasteiger partial charge in [-0.25, -0.2) is 106 Å². The molecular weight excluding hydrogens is 2000 g/mol. The molecule has 0 aliphatic carbocycles. The van der Waals surface area contributed by atoms with E-state index in [-0.39, 0.29) is 146 Å². The summed E-state index contributed by atoms with van der Waals surface area (Å²) in [6.45, 7) is 6.30. The number of halogens is 12. The maximum Gasteiger partial charge on any atom is 1.00 e. The second-order valence-corrected chi connectivity index (χ2v) is 32.7. The van der Waals surface area contributed by atoms with E-state index in [1.165, 1.54) is 84.5 Å². The van der Waals surface area contributed by atoms with Crippen LogP contribution in [0.3, 0.4) is 0 Å². The van der Waals surface area contributed by atoms with Crippen LogP contribution in [0.1, 0.15) is 89.6 Å². The molecule has 0 fully saturated rings. The van der Waals surface area contributed by atoms with Crippen molar-refractivity contribution < 1.29 is 145 Å². The molecule has 59 heteroatoms. The molecular formula is C82H83ClF11N24NaO18P2S2. The van der Waals surface area contributed by atoms with Crippen molar-refractivity contribution in [1.82, 2.24) is 104 Å². The maximum atomic E-state index is 13.5. The summed E-state index contributed by atoms with van der Waals surface area (Å²) < 4.78 is 174. The van der Waals surface area contributed by atoms with Gasteiger partial charge in [0, 0.05) is 50.0 Å². The molecule has 0 saturated heterocycles. The van der Waals surface area contributed by atoms with E-state index in [0.29, 0.717) is 34.1 Å². The number of allylic oxidation sites excluding steroid dienone is 2. The van der Waals surface area contributed by atoms with Crippen molar-refractivity contribution in [2.75, 3.05) is 67.2 Å². The molecule has 13 aromatic rings. The van der Waals surface area contributed by atoms with Gasteiger partial charge < -0.3 is 55.2 Å². The van der Waals surface area contributed by atoms with Crippen LogP contribution < -0.4 is 83.9 Å². The first-order valence-electron chi connectivity index (χ1n) is 38.4. The predicted molar refractivity (Wildman–Crippen MR) is 492 cm³/mol. The van der Waals surface area contributed by atoms with Gasteiger partial charge >= 0.3 is 47.5 Å². The molecule has 141 heavy (non-hydrogen) atoms. The SMILES string of the molecule is CCOC(=O)CF.CCOC(=O)c1cnc(-n2cc(F)cn2)[nH]c1=O.CN(C)/C=C(\F)C=O.CP(=O)(O)c1ccc([C@@H](NC(=O)c2cnc(-n3cc(F)cn3)[nH]c2=O)c2ccc(F)cc2)cc1.CP(C)(=O)c1ccc([C@@H](NC(=O)c2cnc(-n3cc(F)cn3)[nH]c2=O)c2ccc(F)cc2)cc1.Cl.FC1=CCN=C1.N=C(N)n1cc(F)cn1.O=C(O)c1cnc(-n2cc(F)cn2)[nH]c1=O.O=C([O-])CF.S.S.[Na+]. The van der Waals surface area contributed by atoms with Gasteiger partial charge in [-0.1, -0.05) is 60.7 Å². The van der Waals surface area contributed by atoms with E-state index in [1.54, 1.807) is 77.7 Å². The van der Waals surface area contributed by atoms with Crippen LogP contribution in [0, 0.1) is 46.1 Å². The number of benzene rings is 4. The fourth-order valence-corrected chi connectivity index (χ4v) is 11.7. The summed E-state index contributed by atoms with van der Waals surface area (Å²) >= 11 is 0. The van der Waals surface area contributed by atoms with Gasteiger partial charge in [-0.3, -0.25) is 68.5 Å². The summed E-state index contributed by atoms with van der Waals surface area (Å²) in [5.74, 6) is -11.3. The number of hydrogen-bond donors (Lipinski definition) is 10. The topological polar surface area (TPSA) is 597 Å². The Morgan fingerprint density at radius 2 is 0.858 bits per heavy atom. The van der Waals surface area contributed by atoms with Crippen LogP contribution in [0.5, 0.6) is 0 Å². The number of H-pyrrole nitrogens is 4. The Hall–Kier alpha value is -15.0. The number of carbonyl (C=O) groups is 7. The van der Waals surface area contributed by atoms with E-state index in [9.17, 15) is 110 Å². The number of nitrogens with two attached hydrogens (primary N) is 1. The molecule has 10 heterocycles. The Balaban J connectivity index is 0.000000578. The molecule has 9 aromatic heterocycles. The fourth-order valence-electron chi connectivity index (χ4n) is 10.2. The minimum absolute atomic E-state index is 0. The predicted octanol–water partition coefficient (Wildman–Crippen LogP) is 3.47. The van der Waals surface area contributed by atoms with Crippen molar-refractivity contribution in [3.05, 3.63) is 334 Å². The zero-order valence-corrected chi connectivity index (χ0v) is 81.0. The number of nitrogen functional groups attached to an aromatic ring is 1. The smallest absolute Gasteiger partial charge is 0.547 e. The van der Waals surface area contributed by atoms with Crippen molar-refractivity contribution in [2.45, 2.75) is 25.9 Å². The number of nitrogens with zero attached hydrogens (tertiary/aromatic N) is 16. The van der Waals surface area contributed by atoms with E-state index in [1.807, 2.05) is 0 Å². The van der Waals surface area contributed by atoms with Gasteiger partial charge in [0.2, 0.25) is 37.1 Å². The van der Waals surface area contributed by atoms with E-state index in [0.717, 1.165) is 116 Å². The number of ether oxygens (including phenoxy) is 2. The minimum atomic E-state index is -3.48. The van der Waals surface area contributed by atoms with Gasteiger partial charge in [0.25, 0.3) is 34.1 Å². The molecule has 1 aliphatic heterocycles. The Morgan fingerprint density at radius 3 is 1.08 bits per heavy atom. The summed E-state index contributed by atoms with van der Waals surface area (Å²) in [7, 11) is -2.67. The van der Waals surface area contributed by atoms with Crippen LogP contribution in [-0.2, 0) is 33.0 Å². The molecule has 746 valence electrons. The number of aromatic nitrogens is 18. The normalized spacial score (nSPS) is 11.5. The first-order chi connectivity index (χ1) is 64.7. The van der Waals surface area contributed by atoms with Crippen molar-refractivity contribution in [2.24, 2.45) is 10.7 Å². The average Bonchev–Trinajstić information content (AvgIpc) is 1.40. The Kier molecular flexibility index (Phi) is 51.4. The summed E-state index contributed by atoms with van der Waals surface area (Å²) in [6.07, 6.45) is 17.9. The maximum absolute atomic E-state index is 13.5. The summed E-state index contributed by atoms with van der Waals surface area (Å²) in [5.41, 5.74) is 2.90. The number of esters is 2. The number of hydrogen-bond acceptors (Lipinski definition) is 28. The molecule has 4 aromatic carbocycles. The van der Waals surface area contributed by atoms with Gasteiger partial charge in [-0.05, 0) is 91.9 Å². The molecule has 1 aliphatic rings. The number of carbonyl (C=O) groups excluding carboxylic acids is 6. The van der Waals surface area contributed by atoms with E-state index in [4.69, 9.17) is 26.2 Å². The molecule has 0 spiro atoms. The largest absolute Gasteiger partial charge is 1.00 e. The van der Waals surface area contributed by atoms with Gasteiger partial charge in [0.15, 0.2) is 47.9 Å². The standard InChI is InChI=1S/C23H20F2N5O3P.C22H18F2N5O4P.C10H9FN4O3.C8H5FN4O3.C5H8FNO.C4H5FN4.C4H4FN.C4H7FO2.C2H3FO2.ClH.Na.2H2S/c1-34(2,33)18-9-5-15(6-10-18)20(14-3-7-16(24)8-4-14)28-21(31)19-12-26-23(29-22(19)32)30-13-17(25)11-27-30;1-34(32,33)17-8-4-14(5-9-17)19(13-2-6-15(23)7-3-13)27-20(30)18-11-25-22(28-21(18)31)29-12-16(24)10-26-29;1-2-18-9(17)7-4-12-10(14-8(7)16)15-5-6(11)3-13-15;9-4-1-11-13(3-4)8-10-2-5(7(15)16)6(14)12-8;1-7(2)3-5(6)4-8;5-3-1-8-9(2-3)4(6)7;5-4-1-2-6-3-4;1-2-7-4(6)3-5;3-1-2(4)5;;;;/h3-13,20H,1-2H3,(H,28,31)(H,26,29,32);2-12,19H,1H3,(H,27,30)(H,32,33)(H,25,28,31);3-5H,2H2,1H3,(H,12,14,16);1-3H,(H,15,16)(H,10,12,14);3-4H,1-2H3;1-2H,(H3,6,7);1,3H,2H2;2-3H2,1H3;1H2,(H,4,5);1H;;2*1H2/q;;;;;;;;;;+1;;/p-1/b;;;;5-3-;;;;;;;;/t20-;19-;;;;;;;;;;;/m00.........../s1. The number of aromatic amines is 4. The van der Waals surface area contributed by atoms with Gasteiger partial charge in [0.1, 0.15) is 53.5 Å². The molecule has 3 atom stereocenters. The molecule has 0 bridgehead atoms. The number of carboxylic acid groups (broad SMARTS) is 2. The van der Waals surface area contributed by atoms with E-state index in [2.05, 4.69) is 90.5 Å². The van der Waals surface area contributed by atoms with Crippen molar-refractivity contribution in [1.29, 1.82) is 5.41 Å². The number of amides is 2. The van der Waals surface area contributed by atoms with Crippen molar-refractivity contribution in [3.8, 4) is 23.8 Å². The molecule has 0 saturated carbocycles. The third-order valence-corrected chi connectivity index (χ3v) is 19.2. The monoisotopic (exact) mass is 2080 g/mol. The fraction of sp³-hybridized carbons (Fsp3) is 0.171. The van der Waals surface area contributed by atoms with Crippen LogP contribution in [-0.4, -0.2) is 225 Å². The number of aldehydes is 1. The number of rotatable bonds is 22. The molecule has 42 nitrogen and oxygen atoms in total. The van der Waals surface area contributed by atoms with Crippen LogP contribution >= 0.6 is 53.9 Å². The number of aliphatic carboxylic acids is 1. The Bertz CT molecular complexity index is 6600. The van der Waals surface area contributed by atoms with Crippen LogP contribution in [0.2, 0.25) is 0 Å². The summed E-state index contributed by atoms with van der Waals surface area (Å²) in [4.78, 5) is 163. The summed E-state index contributed by atoms with van der Waals surface area (Å²) in [6, 6.07) is 22.4. The quantitative estimate of drug-likeness (QED) is 0.00678. The third kappa shape index (κ3) is 40.2. The third-order valence-electron chi connectivity index (χ3n) is 16.4. The van der Waals surface area contributed by atoms with Crippen LogP contribution in [0.15, 0.2) is 232 Å². The molecule has 11 N–H and O–H groups in total. The number of aliphatic imine (C=N–C) groups is 1. The van der Waals surface area contributed by atoms with Crippen LogP contribution in [0.25, 0.3) is 23.8 Å². The Morgan fingerprint density at radius 1 is 0.532 bits per heavy atom. The second kappa shape index (κ2) is 59.3. The number of alkyl halides is 2. The summed E-state index contributed by atoms with van der Waals surface area (Å²) in [5, 5.41) is 48.6. The van der Waals surface area contributed by atoms with Gasteiger partial charge in [-0.15, -0.1) is 12.4 Å². The molecule has 0 radical (unpaired) electrons. The first-order valence-corrected chi connectivity index (χ1v) is 43.1. The molecule has 1 unspecified atom stereocenters. The average molecular weight is 2090 g/mol. The van der Waals surface area contributed by atoms with Gasteiger partial charge in [0.05, 0.1) is 118 Å². The van der Waals surface area contributed by atoms with E-state index < -0.39 is 150 Å². The van der Waals surface area contributed by atoms with E-state index >= 15 is 0 Å².